The van der Waals surface area contributed by atoms with Gasteiger partial charge in [-0.05, 0) is 13.0 Å². The van der Waals surface area contributed by atoms with E-state index in [0.29, 0.717) is 6.54 Å². The SMILES string of the molecule is COc1ccc(C)cc1[C@H](N)CN. The topological polar surface area (TPSA) is 61.3 Å². The summed E-state index contributed by atoms with van der Waals surface area (Å²) in [6.45, 7) is 2.45. The number of benzene rings is 1. The summed E-state index contributed by atoms with van der Waals surface area (Å²) in [5, 5.41) is 0. The molecular weight excluding hydrogens is 164 g/mol. The summed E-state index contributed by atoms with van der Waals surface area (Å²) in [4.78, 5) is 0. The van der Waals surface area contributed by atoms with E-state index in [1.807, 2.05) is 25.1 Å². The van der Waals surface area contributed by atoms with Crippen LogP contribution in [0.5, 0.6) is 5.75 Å². The summed E-state index contributed by atoms with van der Waals surface area (Å²) in [7, 11) is 1.64. The van der Waals surface area contributed by atoms with Crippen LogP contribution in [0.2, 0.25) is 0 Å². The van der Waals surface area contributed by atoms with Crippen molar-refractivity contribution in [2.75, 3.05) is 13.7 Å². The fraction of sp³-hybridized carbons (Fsp3) is 0.400. The molecule has 0 aromatic heterocycles. The van der Waals surface area contributed by atoms with Crippen molar-refractivity contribution in [2.45, 2.75) is 13.0 Å². The number of hydrogen-bond donors (Lipinski definition) is 2. The Balaban J connectivity index is 3.07. The molecule has 0 spiro atoms. The van der Waals surface area contributed by atoms with Crippen LogP contribution >= 0.6 is 0 Å². The van der Waals surface area contributed by atoms with Crippen LogP contribution in [0.15, 0.2) is 18.2 Å². The molecular formula is C10H16N2O. The van der Waals surface area contributed by atoms with Gasteiger partial charge in [0.05, 0.1) is 7.11 Å². The van der Waals surface area contributed by atoms with Gasteiger partial charge < -0.3 is 16.2 Å². The lowest BCUT2D eigenvalue weighted by molar-refractivity contribution is 0.406. The van der Waals surface area contributed by atoms with Crippen molar-refractivity contribution >= 4 is 0 Å². The molecule has 4 N–H and O–H groups in total. The van der Waals surface area contributed by atoms with E-state index >= 15 is 0 Å². The average molecular weight is 180 g/mol. The minimum absolute atomic E-state index is 0.144. The highest BCUT2D eigenvalue weighted by Gasteiger charge is 2.09. The van der Waals surface area contributed by atoms with Crippen molar-refractivity contribution in [3.63, 3.8) is 0 Å². The van der Waals surface area contributed by atoms with Crippen LogP contribution in [-0.4, -0.2) is 13.7 Å². The summed E-state index contributed by atoms with van der Waals surface area (Å²) in [6.07, 6.45) is 0. The first-order valence-electron chi connectivity index (χ1n) is 4.29. The third kappa shape index (κ3) is 2.20. The third-order valence-corrected chi connectivity index (χ3v) is 2.04. The van der Waals surface area contributed by atoms with Crippen molar-refractivity contribution in [3.8, 4) is 5.75 Å². The van der Waals surface area contributed by atoms with Gasteiger partial charge in [-0.15, -0.1) is 0 Å². The van der Waals surface area contributed by atoms with Crippen LogP contribution < -0.4 is 16.2 Å². The van der Waals surface area contributed by atoms with Gasteiger partial charge in [0.1, 0.15) is 5.75 Å². The Morgan fingerprint density at radius 1 is 1.46 bits per heavy atom. The number of hydrogen-bond acceptors (Lipinski definition) is 3. The molecule has 0 amide bonds. The lowest BCUT2D eigenvalue weighted by atomic mass is 10.0. The average Bonchev–Trinajstić information content (AvgIpc) is 2.16. The first-order chi connectivity index (χ1) is 6.19. The van der Waals surface area contributed by atoms with Crippen LogP contribution in [0.3, 0.4) is 0 Å². The summed E-state index contributed by atoms with van der Waals surface area (Å²) in [5.74, 6) is 0.809. The summed E-state index contributed by atoms with van der Waals surface area (Å²) >= 11 is 0. The maximum absolute atomic E-state index is 5.83. The Labute approximate surface area is 78.7 Å². The van der Waals surface area contributed by atoms with Gasteiger partial charge in [0, 0.05) is 18.2 Å². The van der Waals surface area contributed by atoms with Crippen molar-refractivity contribution in [1.29, 1.82) is 0 Å². The quantitative estimate of drug-likeness (QED) is 0.728. The van der Waals surface area contributed by atoms with Crippen molar-refractivity contribution in [1.82, 2.24) is 0 Å². The van der Waals surface area contributed by atoms with Crippen LogP contribution in [0, 0.1) is 6.92 Å². The zero-order valence-electron chi connectivity index (χ0n) is 8.08. The molecule has 0 aliphatic rings. The molecule has 0 aliphatic carbocycles. The number of methoxy groups -OCH3 is 1. The second kappa shape index (κ2) is 4.25. The fourth-order valence-electron chi connectivity index (χ4n) is 1.27. The zero-order valence-corrected chi connectivity index (χ0v) is 8.08. The van der Waals surface area contributed by atoms with E-state index < -0.39 is 0 Å². The molecule has 3 nitrogen and oxygen atoms in total. The predicted octanol–water partition coefficient (Wildman–Crippen LogP) is 0.962. The molecule has 0 bridgehead atoms. The maximum atomic E-state index is 5.83. The first kappa shape index (κ1) is 10.0. The Kier molecular flexibility index (Phi) is 3.28. The molecule has 1 aromatic rings. The highest BCUT2D eigenvalue weighted by Crippen LogP contribution is 2.24. The van der Waals surface area contributed by atoms with Crippen LogP contribution in [0.25, 0.3) is 0 Å². The molecule has 1 atom stereocenters. The van der Waals surface area contributed by atoms with Gasteiger partial charge in [-0.1, -0.05) is 17.7 Å². The molecule has 72 valence electrons. The largest absolute Gasteiger partial charge is 0.496 e. The minimum Gasteiger partial charge on any atom is -0.496 e. The predicted molar refractivity (Wildman–Crippen MR) is 53.7 cm³/mol. The second-order valence-electron chi connectivity index (χ2n) is 3.09. The molecule has 0 saturated heterocycles. The molecule has 0 aliphatic heterocycles. The lowest BCUT2D eigenvalue weighted by Gasteiger charge is -2.14. The first-order valence-corrected chi connectivity index (χ1v) is 4.29. The monoisotopic (exact) mass is 180 g/mol. The zero-order chi connectivity index (χ0) is 9.84. The fourth-order valence-corrected chi connectivity index (χ4v) is 1.27. The molecule has 0 radical (unpaired) electrons. The maximum Gasteiger partial charge on any atom is 0.123 e. The van der Waals surface area contributed by atoms with Gasteiger partial charge in [-0.3, -0.25) is 0 Å². The number of rotatable bonds is 3. The van der Waals surface area contributed by atoms with Gasteiger partial charge >= 0.3 is 0 Å². The standard InChI is InChI=1S/C10H16N2O/c1-7-3-4-10(13-2)8(5-7)9(12)6-11/h3-5,9H,6,11-12H2,1-2H3/t9-/m1/s1. The third-order valence-electron chi connectivity index (χ3n) is 2.04. The van der Waals surface area contributed by atoms with E-state index in [1.54, 1.807) is 7.11 Å². The Morgan fingerprint density at radius 3 is 2.69 bits per heavy atom. The van der Waals surface area contributed by atoms with Gasteiger partial charge in [-0.25, -0.2) is 0 Å². The molecule has 0 saturated carbocycles. The molecule has 0 heterocycles. The smallest absolute Gasteiger partial charge is 0.123 e. The van der Waals surface area contributed by atoms with E-state index in [9.17, 15) is 0 Å². The number of aryl methyl sites for hydroxylation is 1. The van der Waals surface area contributed by atoms with Crippen LogP contribution in [0.1, 0.15) is 17.2 Å². The Morgan fingerprint density at radius 2 is 2.15 bits per heavy atom. The molecule has 0 unspecified atom stereocenters. The van der Waals surface area contributed by atoms with Gasteiger partial charge in [0.2, 0.25) is 0 Å². The van der Waals surface area contributed by atoms with Crippen LogP contribution in [-0.2, 0) is 0 Å². The van der Waals surface area contributed by atoms with Gasteiger partial charge in [0.25, 0.3) is 0 Å². The summed E-state index contributed by atoms with van der Waals surface area (Å²) < 4.78 is 5.19. The Hall–Kier alpha value is -1.06. The highest BCUT2D eigenvalue weighted by atomic mass is 16.5. The Bertz CT molecular complexity index is 286. The van der Waals surface area contributed by atoms with Crippen molar-refractivity contribution in [3.05, 3.63) is 29.3 Å². The van der Waals surface area contributed by atoms with E-state index in [4.69, 9.17) is 16.2 Å². The normalized spacial score (nSPS) is 12.6. The lowest BCUT2D eigenvalue weighted by Crippen LogP contribution is -2.21. The van der Waals surface area contributed by atoms with Gasteiger partial charge in [-0.2, -0.15) is 0 Å². The van der Waals surface area contributed by atoms with Crippen molar-refractivity contribution < 1.29 is 4.74 Å². The van der Waals surface area contributed by atoms with E-state index in [-0.39, 0.29) is 6.04 Å². The van der Waals surface area contributed by atoms with E-state index in [2.05, 4.69) is 0 Å². The van der Waals surface area contributed by atoms with Crippen LogP contribution in [0.4, 0.5) is 0 Å². The van der Waals surface area contributed by atoms with E-state index in [1.165, 1.54) is 5.56 Å². The van der Waals surface area contributed by atoms with Gasteiger partial charge in [0.15, 0.2) is 0 Å². The number of nitrogens with two attached hydrogens (primary N) is 2. The van der Waals surface area contributed by atoms with Crippen molar-refractivity contribution in [2.24, 2.45) is 11.5 Å². The molecule has 3 heteroatoms. The second-order valence-corrected chi connectivity index (χ2v) is 3.09. The minimum atomic E-state index is -0.144. The number of ether oxygens (including phenoxy) is 1. The summed E-state index contributed by atoms with van der Waals surface area (Å²) in [6, 6.07) is 5.78. The molecule has 13 heavy (non-hydrogen) atoms. The highest BCUT2D eigenvalue weighted by molar-refractivity contribution is 5.39. The molecule has 0 fully saturated rings. The van der Waals surface area contributed by atoms with E-state index in [0.717, 1.165) is 11.3 Å². The molecule has 1 aromatic carbocycles. The molecule has 1 rings (SSSR count). The summed E-state index contributed by atoms with van der Waals surface area (Å²) in [5.41, 5.74) is 13.5.